The van der Waals surface area contributed by atoms with Gasteiger partial charge < -0.3 is 15.9 Å². The summed E-state index contributed by atoms with van der Waals surface area (Å²) in [6.45, 7) is 0. The number of rotatable bonds is 6. The van der Waals surface area contributed by atoms with Gasteiger partial charge in [0, 0.05) is 33.8 Å². The molecule has 0 radical (unpaired) electrons. The number of benzene rings is 2. The molecule has 7 heteroatoms. The molecular formula is C20H20N4OS2. The Bertz CT molecular complexity index is 863. The SMILES string of the molecule is N=C(N)SCc1c(-c2ccccc2)oc(-c2ccccc2)c1CSC(=N)N. The van der Waals surface area contributed by atoms with E-state index in [2.05, 4.69) is 0 Å². The highest BCUT2D eigenvalue weighted by Gasteiger charge is 2.23. The molecule has 5 nitrogen and oxygen atoms in total. The second-order valence-electron chi connectivity index (χ2n) is 5.76. The number of thioether (sulfide) groups is 2. The fraction of sp³-hybridized carbons (Fsp3) is 0.100. The predicted octanol–water partition coefficient (Wildman–Crippen LogP) is 4.87. The first kappa shape index (κ1) is 19.1. The molecule has 1 aromatic heterocycles. The molecule has 0 aliphatic heterocycles. The van der Waals surface area contributed by atoms with Gasteiger partial charge >= 0.3 is 0 Å². The van der Waals surface area contributed by atoms with E-state index in [4.69, 9.17) is 26.7 Å². The van der Waals surface area contributed by atoms with Crippen molar-refractivity contribution >= 4 is 33.9 Å². The van der Waals surface area contributed by atoms with Crippen molar-refractivity contribution in [1.82, 2.24) is 0 Å². The molecule has 0 aliphatic carbocycles. The first-order chi connectivity index (χ1) is 13.1. The van der Waals surface area contributed by atoms with E-state index >= 15 is 0 Å². The summed E-state index contributed by atoms with van der Waals surface area (Å²) in [5.74, 6) is 2.57. The second-order valence-corrected chi connectivity index (χ2v) is 7.79. The first-order valence-corrected chi connectivity index (χ1v) is 10.2. The van der Waals surface area contributed by atoms with Gasteiger partial charge in [-0.2, -0.15) is 0 Å². The zero-order valence-corrected chi connectivity index (χ0v) is 16.2. The van der Waals surface area contributed by atoms with E-state index < -0.39 is 0 Å². The molecule has 138 valence electrons. The summed E-state index contributed by atoms with van der Waals surface area (Å²) in [5.41, 5.74) is 15.0. The van der Waals surface area contributed by atoms with Gasteiger partial charge in [-0.15, -0.1) is 0 Å². The summed E-state index contributed by atoms with van der Waals surface area (Å²) in [6.07, 6.45) is 0. The predicted molar refractivity (Wildman–Crippen MR) is 116 cm³/mol. The molecule has 0 fully saturated rings. The summed E-state index contributed by atoms with van der Waals surface area (Å²) >= 11 is 2.51. The Morgan fingerprint density at radius 3 is 1.41 bits per heavy atom. The number of hydrogen-bond acceptors (Lipinski definition) is 5. The molecule has 6 N–H and O–H groups in total. The maximum Gasteiger partial charge on any atom is 0.151 e. The third-order valence-electron chi connectivity index (χ3n) is 3.93. The topological polar surface area (TPSA) is 113 Å². The molecule has 0 atom stereocenters. The van der Waals surface area contributed by atoms with Gasteiger partial charge in [0.05, 0.1) is 0 Å². The van der Waals surface area contributed by atoms with Crippen LogP contribution in [-0.4, -0.2) is 10.3 Å². The van der Waals surface area contributed by atoms with Gasteiger partial charge in [-0.25, -0.2) is 0 Å². The summed E-state index contributed by atoms with van der Waals surface area (Å²) in [6, 6.07) is 19.8. The molecule has 0 spiro atoms. The van der Waals surface area contributed by atoms with E-state index in [1.807, 2.05) is 60.7 Å². The highest BCUT2D eigenvalue weighted by Crippen LogP contribution is 2.40. The van der Waals surface area contributed by atoms with E-state index in [1.165, 1.54) is 23.5 Å². The van der Waals surface area contributed by atoms with Gasteiger partial charge in [0.15, 0.2) is 10.3 Å². The molecule has 0 bridgehead atoms. The molecule has 0 unspecified atom stereocenters. The first-order valence-electron chi connectivity index (χ1n) is 8.25. The summed E-state index contributed by atoms with van der Waals surface area (Å²) in [5, 5.41) is 15.3. The monoisotopic (exact) mass is 396 g/mol. The number of nitrogens with one attached hydrogen (secondary N) is 2. The van der Waals surface area contributed by atoms with Crippen LogP contribution in [0.3, 0.4) is 0 Å². The average Bonchev–Trinajstić information content (AvgIpc) is 3.04. The van der Waals surface area contributed by atoms with Crippen molar-refractivity contribution < 1.29 is 4.42 Å². The highest BCUT2D eigenvalue weighted by atomic mass is 32.2. The number of furan rings is 1. The van der Waals surface area contributed by atoms with Crippen LogP contribution in [0, 0.1) is 10.8 Å². The number of amidine groups is 2. The van der Waals surface area contributed by atoms with Crippen LogP contribution in [0.15, 0.2) is 65.1 Å². The van der Waals surface area contributed by atoms with Crippen molar-refractivity contribution in [3.63, 3.8) is 0 Å². The lowest BCUT2D eigenvalue weighted by Crippen LogP contribution is -2.06. The minimum atomic E-state index is 0.0571. The normalized spacial score (nSPS) is 10.7. The zero-order chi connectivity index (χ0) is 19.2. The van der Waals surface area contributed by atoms with E-state index in [0.29, 0.717) is 11.5 Å². The second kappa shape index (κ2) is 8.83. The molecule has 3 aromatic rings. The van der Waals surface area contributed by atoms with Crippen LogP contribution in [-0.2, 0) is 11.5 Å². The van der Waals surface area contributed by atoms with E-state index in [9.17, 15) is 0 Å². The van der Waals surface area contributed by atoms with Crippen molar-refractivity contribution in [2.75, 3.05) is 0 Å². The van der Waals surface area contributed by atoms with E-state index in [-0.39, 0.29) is 10.3 Å². The van der Waals surface area contributed by atoms with Gasteiger partial charge in [0.25, 0.3) is 0 Å². The average molecular weight is 397 g/mol. The van der Waals surface area contributed by atoms with Crippen molar-refractivity contribution in [1.29, 1.82) is 10.8 Å². The maximum absolute atomic E-state index is 7.58. The fourth-order valence-electron chi connectivity index (χ4n) is 2.75. The van der Waals surface area contributed by atoms with Crippen LogP contribution in [0.25, 0.3) is 22.6 Å². The minimum absolute atomic E-state index is 0.0571. The van der Waals surface area contributed by atoms with Crippen LogP contribution >= 0.6 is 23.5 Å². The minimum Gasteiger partial charge on any atom is -0.455 e. The molecule has 0 aliphatic rings. The standard InChI is InChI=1S/C20H20N4OS2/c21-19(22)26-11-15-16(12-27-20(23)24)18(14-9-5-2-6-10-14)25-17(15)13-7-3-1-4-8-13/h1-10H,11-12H2,(H3,21,22)(H3,23,24). The maximum atomic E-state index is 7.58. The molecule has 0 saturated heterocycles. The van der Waals surface area contributed by atoms with Gasteiger partial charge in [0.2, 0.25) is 0 Å². The van der Waals surface area contributed by atoms with Gasteiger partial charge in [-0.1, -0.05) is 84.2 Å². The van der Waals surface area contributed by atoms with Gasteiger partial charge in [-0.3, -0.25) is 10.8 Å². The molecular weight excluding hydrogens is 376 g/mol. The third kappa shape index (κ3) is 4.75. The summed E-state index contributed by atoms with van der Waals surface area (Å²) in [4.78, 5) is 0. The molecule has 0 saturated carbocycles. The van der Waals surface area contributed by atoms with Crippen molar-refractivity contribution in [2.45, 2.75) is 11.5 Å². The molecule has 3 rings (SSSR count). The van der Waals surface area contributed by atoms with Crippen LogP contribution in [0.2, 0.25) is 0 Å². The van der Waals surface area contributed by atoms with Gasteiger partial charge in [0.1, 0.15) is 11.5 Å². The lowest BCUT2D eigenvalue weighted by Gasteiger charge is -2.06. The molecule has 27 heavy (non-hydrogen) atoms. The lowest BCUT2D eigenvalue weighted by atomic mass is 10.0. The quantitative estimate of drug-likeness (QED) is 0.351. The van der Waals surface area contributed by atoms with E-state index in [0.717, 1.165) is 33.8 Å². The summed E-state index contributed by atoms with van der Waals surface area (Å²) < 4.78 is 6.33. The van der Waals surface area contributed by atoms with Crippen LogP contribution in [0.1, 0.15) is 11.1 Å². The van der Waals surface area contributed by atoms with Gasteiger partial charge in [-0.05, 0) is 0 Å². The molecule has 0 amide bonds. The van der Waals surface area contributed by atoms with Crippen molar-refractivity contribution in [3.05, 3.63) is 71.8 Å². The smallest absolute Gasteiger partial charge is 0.151 e. The molecule has 2 aromatic carbocycles. The Hall–Kier alpha value is -2.64. The van der Waals surface area contributed by atoms with Crippen LogP contribution < -0.4 is 11.5 Å². The highest BCUT2D eigenvalue weighted by molar-refractivity contribution is 8.13. The fourth-order valence-corrected chi connectivity index (χ4v) is 3.96. The number of nitrogens with two attached hydrogens (primary N) is 2. The Labute approximate surface area is 166 Å². The Morgan fingerprint density at radius 2 is 1.07 bits per heavy atom. The summed E-state index contributed by atoms with van der Waals surface area (Å²) in [7, 11) is 0. The third-order valence-corrected chi connectivity index (χ3v) is 5.42. The largest absolute Gasteiger partial charge is 0.455 e. The van der Waals surface area contributed by atoms with Crippen molar-refractivity contribution in [3.8, 4) is 22.6 Å². The molecule has 1 heterocycles. The Balaban J connectivity index is 2.16. The van der Waals surface area contributed by atoms with E-state index in [1.54, 1.807) is 0 Å². The van der Waals surface area contributed by atoms with Crippen LogP contribution in [0.4, 0.5) is 0 Å². The van der Waals surface area contributed by atoms with Crippen molar-refractivity contribution in [2.24, 2.45) is 11.5 Å². The Morgan fingerprint density at radius 1 is 0.704 bits per heavy atom. The number of hydrogen-bond donors (Lipinski definition) is 4. The van der Waals surface area contributed by atoms with Crippen LogP contribution in [0.5, 0.6) is 0 Å². The Kier molecular flexibility index (Phi) is 6.26. The zero-order valence-electron chi connectivity index (χ0n) is 14.6. The lowest BCUT2D eigenvalue weighted by molar-refractivity contribution is 0.594.